The Kier molecular flexibility index (Phi) is 5.83. The van der Waals surface area contributed by atoms with Crippen molar-refractivity contribution in [3.63, 3.8) is 0 Å². The molecule has 0 heterocycles. The molecule has 0 radical (unpaired) electrons. The Morgan fingerprint density at radius 1 is 1.40 bits per heavy atom. The molecule has 2 N–H and O–H groups in total. The minimum Gasteiger partial charge on any atom is -0.466 e. The van der Waals surface area contributed by atoms with Crippen molar-refractivity contribution >= 4 is 5.97 Å². The van der Waals surface area contributed by atoms with Crippen LogP contribution >= 0.6 is 0 Å². The van der Waals surface area contributed by atoms with Gasteiger partial charge in [0.05, 0.1) is 24.7 Å². The molecule has 0 aliphatic rings. The highest BCUT2D eigenvalue weighted by atomic mass is 16.5. The first kappa shape index (κ1) is 14.4. The van der Waals surface area contributed by atoms with Crippen LogP contribution in [0.4, 0.5) is 0 Å². The molecular weight excluding hydrogens is 194 g/mol. The molecule has 0 amide bonds. The number of carbonyl (C=O) groups is 1. The molecule has 0 aliphatic carbocycles. The zero-order valence-corrected chi connectivity index (χ0v) is 10.4. The Bertz CT molecular complexity index is 198. The summed E-state index contributed by atoms with van der Waals surface area (Å²) in [5, 5.41) is 0. The van der Waals surface area contributed by atoms with Crippen molar-refractivity contribution in [2.24, 2.45) is 5.73 Å². The van der Waals surface area contributed by atoms with Crippen LogP contribution in [-0.4, -0.2) is 30.3 Å². The van der Waals surface area contributed by atoms with E-state index in [2.05, 4.69) is 0 Å². The molecule has 0 saturated carbocycles. The highest BCUT2D eigenvalue weighted by Gasteiger charge is 2.22. The number of carbonyl (C=O) groups excluding carboxylic acids is 1. The molecule has 0 aromatic carbocycles. The largest absolute Gasteiger partial charge is 0.466 e. The van der Waals surface area contributed by atoms with E-state index in [1.165, 1.54) is 0 Å². The minimum atomic E-state index is -0.316. The van der Waals surface area contributed by atoms with Gasteiger partial charge in [-0.25, -0.2) is 0 Å². The van der Waals surface area contributed by atoms with Crippen molar-refractivity contribution in [2.75, 3.05) is 6.61 Å². The molecule has 0 aromatic heterocycles. The van der Waals surface area contributed by atoms with E-state index in [1.54, 1.807) is 6.92 Å². The second-order valence-electron chi connectivity index (χ2n) is 4.61. The maximum atomic E-state index is 11.2. The van der Waals surface area contributed by atoms with Gasteiger partial charge in [0.15, 0.2) is 0 Å². The van der Waals surface area contributed by atoms with E-state index in [0.717, 1.165) is 0 Å². The third-order valence-corrected chi connectivity index (χ3v) is 1.85. The topological polar surface area (TPSA) is 61.5 Å². The van der Waals surface area contributed by atoms with Crippen molar-refractivity contribution in [1.29, 1.82) is 0 Å². The highest BCUT2D eigenvalue weighted by Crippen LogP contribution is 2.13. The summed E-state index contributed by atoms with van der Waals surface area (Å²) >= 11 is 0. The molecule has 4 heteroatoms. The molecule has 0 spiro atoms. The first-order valence-electron chi connectivity index (χ1n) is 5.35. The number of hydrogen-bond donors (Lipinski definition) is 1. The maximum Gasteiger partial charge on any atom is 0.307 e. The molecule has 2 atom stereocenters. The number of nitrogens with two attached hydrogens (primary N) is 1. The molecule has 0 fully saturated rings. The van der Waals surface area contributed by atoms with Crippen molar-refractivity contribution in [3.8, 4) is 0 Å². The van der Waals surface area contributed by atoms with Gasteiger partial charge in [0, 0.05) is 6.04 Å². The minimum absolute atomic E-state index is 0.158. The lowest BCUT2D eigenvalue weighted by atomic mass is 10.1. The van der Waals surface area contributed by atoms with E-state index in [9.17, 15) is 4.79 Å². The summed E-state index contributed by atoms with van der Waals surface area (Å²) in [6.45, 7) is 9.91. The molecule has 0 saturated heterocycles. The van der Waals surface area contributed by atoms with Gasteiger partial charge in [-0.1, -0.05) is 0 Å². The first-order valence-corrected chi connectivity index (χ1v) is 5.35. The van der Waals surface area contributed by atoms with E-state index < -0.39 is 0 Å². The molecular formula is C11H23NO3. The third kappa shape index (κ3) is 7.33. The predicted molar refractivity (Wildman–Crippen MR) is 59.5 cm³/mol. The Labute approximate surface area is 92.1 Å². The van der Waals surface area contributed by atoms with E-state index in [4.69, 9.17) is 15.2 Å². The lowest BCUT2D eigenvalue weighted by molar-refractivity contribution is -0.145. The summed E-state index contributed by atoms with van der Waals surface area (Å²) < 4.78 is 10.5. The van der Waals surface area contributed by atoms with Crippen LogP contribution < -0.4 is 5.73 Å². The summed E-state index contributed by atoms with van der Waals surface area (Å²) in [5.41, 5.74) is 5.59. The van der Waals surface area contributed by atoms with Crippen LogP contribution in [0.1, 0.15) is 41.0 Å². The average molecular weight is 217 g/mol. The molecule has 0 unspecified atom stereocenters. The lowest BCUT2D eigenvalue weighted by Gasteiger charge is -2.28. The SMILES string of the molecule is CCOC(=O)C[C@H](N)[C@H](C)OC(C)(C)C. The molecule has 15 heavy (non-hydrogen) atoms. The number of ether oxygens (including phenoxy) is 2. The Morgan fingerprint density at radius 3 is 2.33 bits per heavy atom. The Morgan fingerprint density at radius 2 is 1.93 bits per heavy atom. The number of esters is 1. The van der Waals surface area contributed by atoms with Crippen LogP contribution in [0.2, 0.25) is 0 Å². The van der Waals surface area contributed by atoms with Gasteiger partial charge in [-0.05, 0) is 34.6 Å². The van der Waals surface area contributed by atoms with E-state index >= 15 is 0 Å². The fourth-order valence-electron chi connectivity index (χ4n) is 1.22. The van der Waals surface area contributed by atoms with Crippen LogP contribution in [0.3, 0.4) is 0 Å². The van der Waals surface area contributed by atoms with Crippen LogP contribution in [0.15, 0.2) is 0 Å². The monoisotopic (exact) mass is 217 g/mol. The second-order valence-corrected chi connectivity index (χ2v) is 4.61. The van der Waals surface area contributed by atoms with Gasteiger partial charge in [0.2, 0.25) is 0 Å². The maximum absolute atomic E-state index is 11.2. The van der Waals surface area contributed by atoms with E-state index in [0.29, 0.717) is 6.61 Å². The van der Waals surface area contributed by atoms with E-state index in [1.807, 2.05) is 27.7 Å². The summed E-state index contributed by atoms with van der Waals surface area (Å²) in [4.78, 5) is 11.2. The predicted octanol–water partition coefficient (Wildman–Crippen LogP) is 1.47. The molecule has 0 rings (SSSR count). The van der Waals surface area contributed by atoms with Crippen molar-refractivity contribution in [2.45, 2.75) is 58.8 Å². The normalized spacial score (nSPS) is 15.9. The zero-order chi connectivity index (χ0) is 12.1. The van der Waals surface area contributed by atoms with E-state index in [-0.39, 0.29) is 30.1 Å². The molecule has 90 valence electrons. The van der Waals surface area contributed by atoms with Gasteiger partial charge in [-0.15, -0.1) is 0 Å². The van der Waals surface area contributed by atoms with Crippen molar-refractivity contribution in [3.05, 3.63) is 0 Å². The molecule has 4 nitrogen and oxygen atoms in total. The average Bonchev–Trinajstić information content (AvgIpc) is 2.00. The third-order valence-electron chi connectivity index (χ3n) is 1.85. The van der Waals surface area contributed by atoms with Gasteiger partial charge in [-0.3, -0.25) is 4.79 Å². The molecule has 0 aromatic rings. The van der Waals surface area contributed by atoms with Crippen LogP contribution in [0, 0.1) is 0 Å². The van der Waals surface area contributed by atoms with Crippen LogP contribution in [-0.2, 0) is 14.3 Å². The molecule has 0 aliphatic heterocycles. The zero-order valence-electron chi connectivity index (χ0n) is 10.4. The van der Waals surface area contributed by atoms with Gasteiger partial charge in [0.1, 0.15) is 0 Å². The summed E-state index contributed by atoms with van der Waals surface area (Å²) in [6, 6.07) is -0.316. The molecule has 0 bridgehead atoms. The van der Waals surface area contributed by atoms with Gasteiger partial charge in [-0.2, -0.15) is 0 Å². The van der Waals surface area contributed by atoms with Crippen molar-refractivity contribution < 1.29 is 14.3 Å². The smallest absolute Gasteiger partial charge is 0.307 e. The first-order chi connectivity index (χ1) is 6.76. The number of hydrogen-bond acceptors (Lipinski definition) is 4. The van der Waals surface area contributed by atoms with Crippen LogP contribution in [0.25, 0.3) is 0 Å². The second kappa shape index (κ2) is 6.08. The fourth-order valence-corrected chi connectivity index (χ4v) is 1.22. The summed E-state index contributed by atoms with van der Waals surface area (Å²) in [7, 11) is 0. The Balaban J connectivity index is 3.99. The summed E-state index contributed by atoms with van der Waals surface area (Å²) in [5.74, 6) is -0.269. The highest BCUT2D eigenvalue weighted by molar-refractivity contribution is 5.70. The van der Waals surface area contributed by atoms with Crippen LogP contribution in [0.5, 0.6) is 0 Å². The quantitative estimate of drug-likeness (QED) is 0.708. The standard InChI is InChI=1S/C11H23NO3/c1-6-14-10(13)7-9(12)8(2)15-11(3,4)5/h8-9H,6-7,12H2,1-5H3/t8-,9-/m0/s1. The van der Waals surface area contributed by atoms with Gasteiger partial charge >= 0.3 is 5.97 Å². The fraction of sp³-hybridized carbons (Fsp3) is 0.909. The Hall–Kier alpha value is -0.610. The van der Waals surface area contributed by atoms with Crippen molar-refractivity contribution in [1.82, 2.24) is 0 Å². The lowest BCUT2D eigenvalue weighted by Crippen LogP contribution is -2.41. The van der Waals surface area contributed by atoms with Gasteiger partial charge < -0.3 is 15.2 Å². The summed E-state index contributed by atoms with van der Waals surface area (Å²) in [6.07, 6.45) is 0.0415. The number of rotatable bonds is 5. The van der Waals surface area contributed by atoms with Gasteiger partial charge in [0.25, 0.3) is 0 Å².